The summed E-state index contributed by atoms with van der Waals surface area (Å²) in [7, 11) is 3.25. The molecule has 0 bridgehead atoms. The quantitative estimate of drug-likeness (QED) is 0.646. The number of benzene rings is 2. The number of para-hydroxylation sites is 1. The third-order valence-electron chi connectivity index (χ3n) is 4.19. The number of nitrogens with zero attached hydrogens (tertiary/aromatic N) is 1. The van der Waals surface area contributed by atoms with Gasteiger partial charge in [-0.15, -0.1) is 0 Å². The van der Waals surface area contributed by atoms with E-state index in [9.17, 15) is 0 Å². The first-order valence-electron chi connectivity index (χ1n) is 8.20. The number of rotatable bonds is 5. The molecule has 0 saturated carbocycles. The van der Waals surface area contributed by atoms with Crippen molar-refractivity contribution < 1.29 is 14.2 Å². The molecule has 0 radical (unpaired) electrons. The molecule has 1 heterocycles. The van der Waals surface area contributed by atoms with Crippen LogP contribution in [0.1, 0.15) is 23.6 Å². The first-order valence-corrected chi connectivity index (χ1v) is 8.20. The van der Waals surface area contributed by atoms with E-state index in [0.29, 0.717) is 19.1 Å². The standard InChI is InChI=1S/C19H23N3O3/c1-23-14-8-7-13(18(11-14)24-2)12-21-19(20)22-16-9-10-25-17-6-4-3-5-15(16)17/h3-8,11,16H,9-10,12H2,1-2H3,(H3,20,21,22). The number of guanidine groups is 1. The minimum Gasteiger partial charge on any atom is -0.497 e. The zero-order valence-electron chi connectivity index (χ0n) is 14.5. The van der Waals surface area contributed by atoms with Crippen LogP contribution in [0.4, 0.5) is 0 Å². The van der Waals surface area contributed by atoms with E-state index in [-0.39, 0.29) is 6.04 Å². The topological polar surface area (TPSA) is 78.1 Å². The van der Waals surface area contributed by atoms with E-state index in [4.69, 9.17) is 19.9 Å². The Morgan fingerprint density at radius 1 is 1.24 bits per heavy atom. The molecule has 1 atom stereocenters. The zero-order chi connectivity index (χ0) is 17.6. The maximum absolute atomic E-state index is 6.09. The average Bonchev–Trinajstić information content (AvgIpc) is 2.66. The SMILES string of the molecule is COc1ccc(CN=C(N)NC2CCOc3ccccc32)c(OC)c1. The fourth-order valence-electron chi connectivity index (χ4n) is 2.87. The van der Waals surface area contributed by atoms with Crippen molar-refractivity contribution in [3.63, 3.8) is 0 Å². The summed E-state index contributed by atoms with van der Waals surface area (Å²) in [6.45, 7) is 1.09. The summed E-state index contributed by atoms with van der Waals surface area (Å²) in [5, 5.41) is 3.29. The van der Waals surface area contributed by atoms with Crippen LogP contribution < -0.4 is 25.3 Å². The van der Waals surface area contributed by atoms with Gasteiger partial charge in [0.25, 0.3) is 0 Å². The van der Waals surface area contributed by atoms with Crippen molar-refractivity contribution in [2.75, 3.05) is 20.8 Å². The second-order valence-electron chi connectivity index (χ2n) is 5.75. The van der Waals surface area contributed by atoms with Crippen molar-refractivity contribution in [1.29, 1.82) is 0 Å². The Morgan fingerprint density at radius 3 is 2.88 bits per heavy atom. The summed E-state index contributed by atoms with van der Waals surface area (Å²) in [5.74, 6) is 2.78. The summed E-state index contributed by atoms with van der Waals surface area (Å²) in [6, 6.07) is 13.7. The molecule has 1 aliphatic heterocycles. The summed E-state index contributed by atoms with van der Waals surface area (Å²) in [4.78, 5) is 4.45. The predicted octanol–water partition coefficient (Wildman–Crippen LogP) is 2.63. The molecule has 3 rings (SSSR count). The van der Waals surface area contributed by atoms with Crippen LogP contribution in [0.2, 0.25) is 0 Å². The van der Waals surface area contributed by atoms with Crippen molar-refractivity contribution in [2.45, 2.75) is 19.0 Å². The monoisotopic (exact) mass is 341 g/mol. The van der Waals surface area contributed by atoms with E-state index < -0.39 is 0 Å². The smallest absolute Gasteiger partial charge is 0.189 e. The third kappa shape index (κ3) is 3.96. The van der Waals surface area contributed by atoms with Gasteiger partial charge in [0.05, 0.1) is 33.4 Å². The number of nitrogens with one attached hydrogen (secondary N) is 1. The van der Waals surface area contributed by atoms with Gasteiger partial charge in [0, 0.05) is 23.6 Å². The Kier molecular flexibility index (Phi) is 5.28. The van der Waals surface area contributed by atoms with Gasteiger partial charge in [-0.3, -0.25) is 0 Å². The van der Waals surface area contributed by atoms with Crippen LogP contribution in [-0.2, 0) is 6.54 Å². The van der Waals surface area contributed by atoms with Gasteiger partial charge < -0.3 is 25.3 Å². The number of hydrogen-bond donors (Lipinski definition) is 2. The fraction of sp³-hybridized carbons (Fsp3) is 0.316. The Balaban J connectivity index is 1.69. The Hall–Kier alpha value is -2.89. The minimum atomic E-state index is 0.103. The Bertz CT molecular complexity index is 761. The van der Waals surface area contributed by atoms with Gasteiger partial charge in [-0.1, -0.05) is 18.2 Å². The molecule has 0 spiro atoms. The lowest BCUT2D eigenvalue weighted by atomic mass is 10.0. The summed E-state index contributed by atoms with van der Waals surface area (Å²) in [6.07, 6.45) is 0.846. The predicted molar refractivity (Wildman–Crippen MR) is 97.3 cm³/mol. The highest BCUT2D eigenvalue weighted by atomic mass is 16.5. The van der Waals surface area contributed by atoms with Crippen molar-refractivity contribution in [1.82, 2.24) is 5.32 Å². The van der Waals surface area contributed by atoms with Gasteiger partial charge in [0.1, 0.15) is 17.2 Å². The van der Waals surface area contributed by atoms with Crippen LogP contribution in [0, 0.1) is 0 Å². The number of methoxy groups -OCH3 is 2. The van der Waals surface area contributed by atoms with Crippen molar-refractivity contribution >= 4 is 5.96 Å². The van der Waals surface area contributed by atoms with Crippen molar-refractivity contribution in [3.05, 3.63) is 53.6 Å². The molecule has 25 heavy (non-hydrogen) atoms. The molecule has 0 aromatic heterocycles. The normalized spacial score (nSPS) is 16.6. The third-order valence-corrected chi connectivity index (χ3v) is 4.19. The molecule has 6 heteroatoms. The molecule has 2 aromatic rings. The van der Waals surface area contributed by atoms with Crippen LogP contribution in [0.15, 0.2) is 47.5 Å². The van der Waals surface area contributed by atoms with Gasteiger partial charge in [-0.05, 0) is 18.2 Å². The molecular formula is C19H23N3O3. The highest BCUT2D eigenvalue weighted by molar-refractivity contribution is 5.78. The largest absolute Gasteiger partial charge is 0.497 e. The van der Waals surface area contributed by atoms with Crippen molar-refractivity contribution in [3.8, 4) is 17.2 Å². The molecule has 0 saturated heterocycles. The molecule has 6 nitrogen and oxygen atoms in total. The van der Waals surface area contributed by atoms with Crippen LogP contribution in [-0.4, -0.2) is 26.8 Å². The van der Waals surface area contributed by atoms with E-state index in [1.54, 1.807) is 14.2 Å². The number of aliphatic imine (C=N–C) groups is 1. The molecule has 0 fully saturated rings. The number of hydrogen-bond acceptors (Lipinski definition) is 4. The van der Waals surface area contributed by atoms with Crippen LogP contribution in [0.5, 0.6) is 17.2 Å². The summed E-state index contributed by atoms with van der Waals surface area (Å²) in [5.41, 5.74) is 8.14. The molecular weight excluding hydrogens is 318 g/mol. The van der Waals surface area contributed by atoms with E-state index in [0.717, 1.165) is 34.8 Å². The Labute approximate surface area is 147 Å². The average molecular weight is 341 g/mol. The lowest BCUT2D eigenvalue weighted by Gasteiger charge is -2.26. The lowest BCUT2D eigenvalue weighted by molar-refractivity contribution is 0.262. The van der Waals surface area contributed by atoms with Gasteiger partial charge in [-0.2, -0.15) is 0 Å². The molecule has 1 aliphatic rings. The first kappa shape index (κ1) is 17.0. The van der Waals surface area contributed by atoms with Gasteiger partial charge >= 0.3 is 0 Å². The maximum Gasteiger partial charge on any atom is 0.189 e. The maximum atomic E-state index is 6.09. The number of ether oxygens (including phenoxy) is 3. The molecule has 0 aliphatic carbocycles. The van der Waals surface area contributed by atoms with E-state index >= 15 is 0 Å². The minimum absolute atomic E-state index is 0.103. The van der Waals surface area contributed by atoms with Gasteiger partial charge in [0.15, 0.2) is 5.96 Å². The second kappa shape index (κ2) is 7.79. The van der Waals surface area contributed by atoms with Crippen LogP contribution >= 0.6 is 0 Å². The van der Waals surface area contributed by atoms with Crippen molar-refractivity contribution in [2.24, 2.45) is 10.7 Å². The lowest BCUT2D eigenvalue weighted by Crippen LogP contribution is -2.37. The van der Waals surface area contributed by atoms with Crippen LogP contribution in [0.3, 0.4) is 0 Å². The van der Waals surface area contributed by atoms with E-state index in [1.807, 2.05) is 42.5 Å². The highest BCUT2D eigenvalue weighted by Gasteiger charge is 2.21. The molecule has 1 unspecified atom stereocenters. The van der Waals surface area contributed by atoms with Crippen LogP contribution in [0.25, 0.3) is 0 Å². The fourth-order valence-corrected chi connectivity index (χ4v) is 2.87. The highest BCUT2D eigenvalue weighted by Crippen LogP contribution is 2.31. The number of fused-ring (bicyclic) bond motifs is 1. The van der Waals surface area contributed by atoms with Gasteiger partial charge in [0.2, 0.25) is 0 Å². The summed E-state index contributed by atoms with van der Waals surface area (Å²) >= 11 is 0. The molecule has 2 aromatic carbocycles. The first-order chi connectivity index (χ1) is 12.2. The van der Waals surface area contributed by atoms with E-state index in [1.165, 1.54) is 0 Å². The zero-order valence-corrected chi connectivity index (χ0v) is 14.5. The van der Waals surface area contributed by atoms with E-state index in [2.05, 4.69) is 10.3 Å². The number of nitrogens with two attached hydrogens (primary N) is 1. The second-order valence-corrected chi connectivity index (χ2v) is 5.75. The molecule has 132 valence electrons. The summed E-state index contributed by atoms with van der Waals surface area (Å²) < 4.78 is 16.3. The van der Waals surface area contributed by atoms with Gasteiger partial charge in [-0.25, -0.2) is 4.99 Å². The molecule has 0 amide bonds. The molecule has 3 N–H and O–H groups in total. The Morgan fingerprint density at radius 2 is 2.08 bits per heavy atom.